The van der Waals surface area contributed by atoms with Gasteiger partial charge in [-0.25, -0.2) is 4.79 Å². The Kier molecular flexibility index (Phi) is 6.89. The minimum Gasteiger partial charge on any atom is -0.497 e. The van der Waals surface area contributed by atoms with E-state index in [-0.39, 0.29) is 18.6 Å². The van der Waals surface area contributed by atoms with E-state index in [0.717, 1.165) is 37.0 Å². The monoisotopic (exact) mass is 436 g/mol. The zero-order valence-electron chi connectivity index (χ0n) is 18.4. The summed E-state index contributed by atoms with van der Waals surface area (Å²) in [6.07, 6.45) is 5.34. The number of amides is 2. The maximum absolute atomic E-state index is 13.2. The van der Waals surface area contributed by atoms with Crippen molar-refractivity contribution >= 4 is 11.7 Å². The summed E-state index contributed by atoms with van der Waals surface area (Å²) >= 11 is 0. The van der Waals surface area contributed by atoms with Crippen molar-refractivity contribution in [1.82, 2.24) is 15.0 Å². The second-order valence-corrected chi connectivity index (χ2v) is 7.82. The number of nitrogens with one attached hydrogen (secondary N) is 1. The predicted molar refractivity (Wildman–Crippen MR) is 121 cm³/mol. The third-order valence-corrected chi connectivity index (χ3v) is 5.72. The number of aromatic nitrogens is 2. The fourth-order valence-corrected chi connectivity index (χ4v) is 3.98. The Balaban J connectivity index is 1.51. The van der Waals surface area contributed by atoms with E-state index in [9.17, 15) is 4.79 Å². The normalized spacial score (nSPS) is 14.1. The van der Waals surface area contributed by atoms with Crippen LogP contribution in [0.2, 0.25) is 0 Å². The molecule has 8 heteroatoms. The molecule has 8 nitrogen and oxygen atoms in total. The summed E-state index contributed by atoms with van der Waals surface area (Å²) in [6, 6.07) is 14.7. The second kappa shape index (κ2) is 10.2. The molecule has 0 spiro atoms. The van der Waals surface area contributed by atoms with Crippen molar-refractivity contribution < 1.29 is 18.8 Å². The lowest BCUT2D eigenvalue weighted by molar-refractivity contribution is 0.151. The molecule has 1 saturated carbocycles. The lowest BCUT2D eigenvalue weighted by Gasteiger charge is -2.33. The van der Waals surface area contributed by atoms with Gasteiger partial charge in [0.15, 0.2) is 0 Å². The lowest BCUT2D eigenvalue weighted by atomic mass is 9.94. The zero-order valence-corrected chi connectivity index (χ0v) is 18.4. The first-order chi connectivity index (χ1) is 15.7. The van der Waals surface area contributed by atoms with E-state index in [4.69, 9.17) is 14.0 Å². The van der Waals surface area contributed by atoms with Crippen molar-refractivity contribution in [3.8, 4) is 22.9 Å². The van der Waals surface area contributed by atoms with E-state index >= 15 is 0 Å². The van der Waals surface area contributed by atoms with Crippen LogP contribution in [-0.4, -0.2) is 41.3 Å². The number of ether oxygens (including phenoxy) is 2. The van der Waals surface area contributed by atoms with E-state index in [0.29, 0.717) is 23.2 Å². The fourth-order valence-electron chi connectivity index (χ4n) is 3.98. The standard InChI is InChI=1S/C24H28N4O4/c1-30-20-13-11-17(12-14-20)23-26-22(32-27-23)16-28(19-8-4-3-5-9-19)24(29)25-18-7-6-10-21(15-18)31-2/h6-7,10-15,19H,3-5,8-9,16H2,1-2H3,(H,25,29). The molecule has 0 atom stereocenters. The number of rotatable bonds is 7. The maximum Gasteiger partial charge on any atom is 0.322 e. The zero-order chi connectivity index (χ0) is 22.3. The number of anilines is 1. The van der Waals surface area contributed by atoms with Crippen molar-refractivity contribution in [3.63, 3.8) is 0 Å². The van der Waals surface area contributed by atoms with Gasteiger partial charge in [0.2, 0.25) is 11.7 Å². The molecule has 2 amide bonds. The van der Waals surface area contributed by atoms with Crippen LogP contribution in [-0.2, 0) is 6.54 Å². The number of carbonyl (C=O) groups excluding carboxylic acids is 1. The minimum atomic E-state index is -0.186. The molecule has 0 saturated heterocycles. The van der Waals surface area contributed by atoms with Crippen LogP contribution in [0.15, 0.2) is 53.1 Å². The highest BCUT2D eigenvalue weighted by atomic mass is 16.5. The highest BCUT2D eigenvalue weighted by molar-refractivity contribution is 5.89. The predicted octanol–water partition coefficient (Wildman–Crippen LogP) is 5.12. The molecule has 168 valence electrons. The molecule has 4 rings (SSSR count). The molecule has 1 N–H and O–H groups in total. The van der Waals surface area contributed by atoms with Crippen LogP contribution in [0.5, 0.6) is 11.5 Å². The molecule has 0 bridgehead atoms. The van der Waals surface area contributed by atoms with Crippen LogP contribution in [0.4, 0.5) is 10.5 Å². The molecule has 3 aromatic rings. The summed E-state index contributed by atoms with van der Waals surface area (Å²) in [7, 11) is 3.23. The summed E-state index contributed by atoms with van der Waals surface area (Å²) < 4.78 is 16.0. The van der Waals surface area contributed by atoms with Gasteiger partial charge < -0.3 is 24.2 Å². The average Bonchev–Trinajstić information content (AvgIpc) is 3.32. The van der Waals surface area contributed by atoms with Gasteiger partial charge in [-0.3, -0.25) is 0 Å². The van der Waals surface area contributed by atoms with Crippen LogP contribution >= 0.6 is 0 Å². The van der Waals surface area contributed by atoms with Crippen LogP contribution in [0, 0.1) is 0 Å². The molecular formula is C24H28N4O4. The molecule has 0 radical (unpaired) electrons. The Morgan fingerprint density at radius 2 is 1.81 bits per heavy atom. The van der Waals surface area contributed by atoms with Crippen molar-refractivity contribution in [2.75, 3.05) is 19.5 Å². The largest absolute Gasteiger partial charge is 0.497 e. The number of carbonyl (C=O) groups is 1. The quantitative estimate of drug-likeness (QED) is 0.553. The molecule has 32 heavy (non-hydrogen) atoms. The SMILES string of the molecule is COc1ccc(-c2noc(CN(C(=O)Nc3cccc(OC)c3)C3CCCCC3)n2)cc1. The smallest absolute Gasteiger partial charge is 0.322 e. The molecule has 2 aromatic carbocycles. The van der Waals surface area contributed by atoms with Gasteiger partial charge in [-0.15, -0.1) is 0 Å². The number of methoxy groups -OCH3 is 2. The van der Waals surface area contributed by atoms with E-state index in [1.165, 1.54) is 6.42 Å². The molecular weight excluding hydrogens is 408 g/mol. The van der Waals surface area contributed by atoms with Gasteiger partial charge in [-0.1, -0.05) is 30.5 Å². The van der Waals surface area contributed by atoms with Crippen molar-refractivity contribution in [2.45, 2.75) is 44.7 Å². The van der Waals surface area contributed by atoms with Gasteiger partial charge >= 0.3 is 6.03 Å². The minimum absolute atomic E-state index is 0.130. The second-order valence-electron chi connectivity index (χ2n) is 7.82. The lowest BCUT2D eigenvalue weighted by Crippen LogP contribution is -2.43. The number of hydrogen-bond donors (Lipinski definition) is 1. The summed E-state index contributed by atoms with van der Waals surface area (Å²) in [5.74, 6) is 2.34. The highest BCUT2D eigenvalue weighted by Crippen LogP contribution is 2.26. The van der Waals surface area contributed by atoms with Crippen LogP contribution in [0.25, 0.3) is 11.4 Å². The first-order valence-corrected chi connectivity index (χ1v) is 10.8. The van der Waals surface area contributed by atoms with Crippen molar-refractivity contribution in [2.24, 2.45) is 0 Å². The van der Waals surface area contributed by atoms with E-state index in [1.807, 2.05) is 47.4 Å². The first kappa shape index (κ1) is 21.7. The molecule has 1 aromatic heterocycles. The van der Waals surface area contributed by atoms with Gasteiger partial charge in [0.1, 0.15) is 18.0 Å². The number of hydrogen-bond acceptors (Lipinski definition) is 6. The summed E-state index contributed by atoms with van der Waals surface area (Å²) in [5.41, 5.74) is 1.51. The maximum atomic E-state index is 13.2. The van der Waals surface area contributed by atoms with Gasteiger partial charge in [0, 0.05) is 23.4 Å². The van der Waals surface area contributed by atoms with E-state index in [2.05, 4.69) is 15.5 Å². The third kappa shape index (κ3) is 5.19. The van der Waals surface area contributed by atoms with Crippen LogP contribution in [0.1, 0.15) is 38.0 Å². The molecule has 1 heterocycles. The fraction of sp³-hybridized carbons (Fsp3) is 0.375. The molecule has 1 fully saturated rings. The first-order valence-electron chi connectivity index (χ1n) is 10.8. The Morgan fingerprint density at radius 3 is 2.53 bits per heavy atom. The topological polar surface area (TPSA) is 89.7 Å². The van der Waals surface area contributed by atoms with Gasteiger partial charge in [-0.05, 0) is 49.2 Å². The third-order valence-electron chi connectivity index (χ3n) is 5.72. The molecule has 1 aliphatic carbocycles. The molecule has 0 aliphatic heterocycles. The van der Waals surface area contributed by atoms with Gasteiger partial charge in [-0.2, -0.15) is 4.98 Å². The number of urea groups is 1. The van der Waals surface area contributed by atoms with Gasteiger partial charge in [0.25, 0.3) is 0 Å². The number of benzene rings is 2. The van der Waals surface area contributed by atoms with E-state index < -0.39 is 0 Å². The Hall–Kier alpha value is -3.55. The van der Waals surface area contributed by atoms with Crippen LogP contribution in [0.3, 0.4) is 0 Å². The highest BCUT2D eigenvalue weighted by Gasteiger charge is 2.27. The van der Waals surface area contributed by atoms with Crippen LogP contribution < -0.4 is 14.8 Å². The average molecular weight is 437 g/mol. The van der Waals surface area contributed by atoms with Gasteiger partial charge in [0.05, 0.1) is 14.2 Å². The van der Waals surface area contributed by atoms with E-state index in [1.54, 1.807) is 20.3 Å². The molecule has 0 unspecified atom stereocenters. The summed E-state index contributed by atoms with van der Waals surface area (Å²) in [4.78, 5) is 19.6. The number of nitrogens with zero attached hydrogens (tertiary/aromatic N) is 3. The summed E-state index contributed by atoms with van der Waals surface area (Å²) in [6.45, 7) is 0.254. The van der Waals surface area contributed by atoms with Crippen molar-refractivity contribution in [1.29, 1.82) is 0 Å². The van der Waals surface area contributed by atoms with Crippen molar-refractivity contribution in [3.05, 3.63) is 54.4 Å². The Labute approximate surface area is 187 Å². The summed E-state index contributed by atoms with van der Waals surface area (Å²) in [5, 5.41) is 7.09. The Bertz CT molecular complexity index is 1030. The molecule has 1 aliphatic rings. The Morgan fingerprint density at radius 1 is 1.06 bits per heavy atom.